The molecule has 3 N–H and O–H groups in total. The van der Waals surface area contributed by atoms with Gasteiger partial charge in [-0.3, -0.25) is 0 Å². The van der Waals surface area contributed by atoms with E-state index in [2.05, 4.69) is 55.3 Å². The Hall–Kier alpha value is -1.87. The van der Waals surface area contributed by atoms with Crippen molar-refractivity contribution in [2.75, 3.05) is 5.32 Å². The highest BCUT2D eigenvalue weighted by atomic mass is 15.0. The Balaban J connectivity index is 1.68. The molecular formula is C21H29N3. The average molecular weight is 323 g/mol. The first-order valence-electron chi connectivity index (χ1n) is 8.94. The van der Waals surface area contributed by atoms with Crippen LogP contribution in [0.1, 0.15) is 57.6 Å². The summed E-state index contributed by atoms with van der Waals surface area (Å²) in [6.45, 7) is 6.76. The molecule has 0 saturated heterocycles. The Kier molecular flexibility index (Phi) is 4.64. The van der Waals surface area contributed by atoms with E-state index in [9.17, 15) is 0 Å². The predicted octanol–water partition coefficient (Wildman–Crippen LogP) is 4.59. The molecule has 0 spiro atoms. The van der Waals surface area contributed by atoms with Crippen LogP contribution in [0.25, 0.3) is 0 Å². The Morgan fingerprint density at radius 2 is 1.83 bits per heavy atom. The summed E-state index contributed by atoms with van der Waals surface area (Å²) in [5.74, 6) is 0.960. The lowest BCUT2D eigenvalue weighted by Gasteiger charge is -2.38. The van der Waals surface area contributed by atoms with Crippen molar-refractivity contribution in [3.63, 3.8) is 0 Å². The molecule has 1 fully saturated rings. The van der Waals surface area contributed by atoms with Crippen molar-refractivity contribution < 1.29 is 0 Å². The second-order valence-electron chi connectivity index (χ2n) is 8.12. The Morgan fingerprint density at radius 3 is 2.46 bits per heavy atom. The van der Waals surface area contributed by atoms with Crippen LogP contribution in [-0.4, -0.2) is 11.0 Å². The maximum Gasteiger partial charge on any atom is 0.126 e. The molecule has 1 aliphatic rings. The first kappa shape index (κ1) is 17.0. The SMILES string of the molecule is CC(C)(C)c1cccc(C2(N)CCC(Nc3ccccn3)CC2)c1. The molecule has 1 aliphatic carbocycles. The molecule has 0 aliphatic heterocycles. The van der Waals surface area contributed by atoms with E-state index in [1.54, 1.807) is 0 Å². The molecule has 0 bridgehead atoms. The van der Waals surface area contributed by atoms with Crippen LogP contribution >= 0.6 is 0 Å². The van der Waals surface area contributed by atoms with Crippen molar-refractivity contribution in [1.29, 1.82) is 0 Å². The lowest BCUT2D eigenvalue weighted by Crippen LogP contribution is -2.43. The molecule has 3 nitrogen and oxygen atoms in total. The second-order valence-corrected chi connectivity index (χ2v) is 8.12. The van der Waals surface area contributed by atoms with Gasteiger partial charge in [0.25, 0.3) is 0 Å². The van der Waals surface area contributed by atoms with Crippen molar-refractivity contribution in [3.05, 3.63) is 59.8 Å². The molecule has 3 heteroatoms. The van der Waals surface area contributed by atoms with Crippen LogP contribution in [0.5, 0.6) is 0 Å². The summed E-state index contributed by atoms with van der Waals surface area (Å²) in [5.41, 5.74) is 9.40. The quantitative estimate of drug-likeness (QED) is 0.868. The highest BCUT2D eigenvalue weighted by Crippen LogP contribution is 2.37. The zero-order valence-corrected chi connectivity index (χ0v) is 15.0. The molecule has 0 radical (unpaired) electrons. The van der Waals surface area contributed by atoms with Gasteiger partial charge in [0.15, 0.2) is 0 Å². The number of anilines is 1. The van der Waals surface area contributed by atoms with Crippen LogP contribution in [0, 0.1) is 0 Å². The molecule has 2 aromatic rings. The van der Waals surface area contributed by atoms with Crippen molar-refractivity contribution in [2.45, 2.75) is 63.5 Å². The highest BCUT2D eigenvalue weighted by molar-refractivity contribution is 5.36. The van der Waals surface area contributed by atoms with Crippen LogP contribution in [-0.2, 0) is 11.0 Å². The molecule has 0 unspecified atom stereocenters. The third kappa shape index (κ3) is 3.78. The van der Waals surface area contributed by atoms with Gasteiger partial charge < -0.3 is 11.1 Å². The molecule has 1 saturated carbocycles. The van der Waals surface area contributed by atoms with Crippen LogP contribution in [0.3, 0.4) is 0 Å². The summed E-state index contributed by atoms with van der Waals surface area (Å²) in [6, 6.07) is 15.3. The van der Waals surface area contributed by atoms with Gasteiger partial charge in [0.1, 0.15) is 5.82 Å². The van der Waals surface area contributed by atoms with Gasteiger partial charge in [-0.1, -0.05) is 51.1 Å². The number of nitrogens with one attached hydrogen (secondary N) is 1. The van der Waals surface area contributed by atoms with E-state index in [-0.39, 0.29) is 11.0 Å². The van der Waals surface area contributed by atoms with E-state index in [4.69, 9.17) is 5.73 Å². The van der Waals surface area contributed by atoms with Gasteiger partial charge in [-0.15, -0.1) is 0 Å². The lowest BCUT2D eigenvalue weighted by atomic mass is 9.74. The van der Waals surface area contributed by atoms with Gasteiger partial charge in [0, 0.05) is 17.8 Å². The normalized spacial score (nSPS) is 24.6. The summed E-state index contributed by atoms with van der Waals surface area (Å²) < 4.78 is 0. The summed E-state index contributed by atoms with van der Waals surface area (Å²) >= 11 is 0. The minimum atomic E-state index is -0.205. The van der Waals surface area contributed by atoms with E-state index in [0.717, 1.165) is 31.5 Å². The summed E-state index contributed by atoms with van der Waals surface area (Å²) in [7, 11) is 0. The zero-order chi connectivity index (χ0) is 17.2. The third-order valence-corrected chi connectivity index (χ3v) is 5.20. The second kappa shape index (κ2) is 6.56. The van der Waals surface area contributed by atoms with Crippen molar-refractivity contribution in [1.82, 2.24) is 4.98 Å². The molecule has 3 rings (SSSR count). The average Bonchev–Trinajstić information content (AvgIpc) is 2.57. The van der Waals surface area contributed by atoms with Crippen LogP contribution in [0.2, 0.25) is 0 Å². The van der Waals surface area contributed by atoms with Crippen molar-refractivity contribution in [2.24, 2.45) is 5.73 Å². The van der Waals surface area contributed by atoms with E-state index in [1.807, 2.05) is 24.4 Å². The Morgan fingerprint density at radius 1 is 1.08 bits per heavy atom. The van der Waals surface area contributed by atoms with Gasteiger partial charge in [0.05, 0.1) is 0 Å². The number of nitrogens with two attached hydrogens (primary N) is 1. The largest absolute Gasteiger partial charge is 0.367 e. The number of hydrogen-bond donors (Lipinski definition) is 2. The number of pyridine rings is 1. The molecule has 1 aromatic carbocycles. The molecule has 1 aromatic heterocycles. The van der Waals surface area contributed by atoms with Gasteiger partial charge in [-0.2, -0.15) is 0 Å². The van der Waals surface area contributed by atoms with Crippen LogP contribution < -0.4 is 11.1 Å². The van der Waals surface area contributed by atoms with Gasteiger partial charge in [0.2, 0.25) is 0 Å². The van der Waals surface area contributed by atoms with Gasteiger partial charge >= 0.3 is 0 Å². The van der Waals surface area contributed by atoms with E-state index < -0.39 is 0 Å². The third-order valence-electron chi connectivity index (χ3n) is 5.20. The maximum atomic E-state index is 6.80. The molecule has 0 amide bonds. The minimum Gasteiger partial charge on any atom is -0.367 e. The predicted molar refractivity (Wildman–Crippen MR) is 101 cm³/mol. The first-order valence-corrected chi connectivity index (χ1v) is 8.94. The van der Waals surface area contributed by atoms with Crippen LogP contribution in [0.4, 0.5) is 5.82 Å². The summed E-state index contributed by atoms with van der Waals surface area (Å²) in [5, 5.41) is 3.54. The minimum absolute atomic E-state index is 0.157. The number of benzene rings is 1. The van der Waals surface area contributed by atoms with Crippen molar-refractivity contribution in [3.8, 4) is 0 Å². The Labute approximate surface area is 145 Å². The number of nitrogens with zero attached hydrogens (tertiary/aromatic N) is 1. The highest BCUT2D eigenvalue weighted by Gasteiger charge is 2.33. The monoisotopic (exact) mass is 323 g/mol. The number of rotatable bonds is 3. The lowest BCUT2D eigenvalue weighted by molar-refractivity contribution is 0.286. The molecular weight excluding hydrogens is 294 g/mol. The van der Waals surface area contributed by atoms with E-state index >= 15 is 0 Å². The fraction of sp³-hybridized carbons (Fsp3) is 0.476. The Bertz CT molecular complexity index is 665. The summed E-state index contributed by atoms with van der Waals surface area (Å²) in [4.78, 5) is 4.36. The van der Waals surface area contributed by atoms with E-state index in [1.165, 1.54) is 11.1 Å². The first-order chi connectivity index (χ1) is 11.4. The molecule has 24 heavy (non-hydrogen) atoms. The number of hydrogen-bond acceptors (Lipinski definition) is 3. The smallest absolute Gasteiger partial charge is 0.126 e. The molecule has 1 heterocycles. The maximum absolute atomic E-state index is 6.80. The van der Waals surface area contributed by atoms with E-state index in [0.29, 0.717) is 6.04 Å². The standard InChI is InChI=1S/C21H29N3/c1-20(2,3)16-7-6-8-17(15-16)21(22)12-10-18(11-13-21)24-19-9-4-5-14-23-19/h4-9,14-15,18H,10-13,22H2,1-3H3,(H,23,24). The molecule has 0 atom stereocenters. The van der Waals surface area contributed by atoms with Gasteiger partial charge in [-0.25, -0.2) is 4.98 Å². The fourth-order valence-electron chi connectivity index (χ4n) is 3.52. The van der Waals surface area contributed by atoms with Crippen LogP contribution in [0.15, 0.2) is 48.7 Å². The molecule has 128 valence electrons. The number of aromatic nitrogens is 1. The summed E-state index contributed by atoms with van der Waals surface area (Å²) in [6.07, 6.45) is 5.99. The topological polar surface area (TPSA) is 50.9 Å². The zero-order valence-electron chi connectivity index (χ0n) is 15.0. The fourth-order valence-corrected chi connectivity index (χ4v) is 3.52. The van der Waals surface area contributed by atoms with Gasteiger partial charge in [-0.05, 0) is 54.4 Å². The van der Waals surface area contributed by atoms with Crippen molar-refractivity contribution >= 4 is 5.82 Å².